The Kier molecular flexibility index (Phi) is 5.58. The quantitative estimate of drug-likeness (QED) is 0.546. The number of benzene rings is 2. The van der Waals surface area contributed by atoms with E-state index in [1.807, 2.05) is 24.3 Å². The summed E-state index contributed by atoms with van der Waals surface area (Å²) in [7, 11) is 0. The van der Waals surface area contributed by atoms with E-state index >= 15 is 0 Å². The van der Waals surface area contributed by atoms with Gasteiger partial charge in [-0.2, -0.15) is 0 Å². The molecule has 2 aromatic rings. The fourth-order valence-electron chi connectivity index (χ4n) is 1.99. The van der Waals surface area contributed by atoms with E-state index in [4.69, 9.17) is 34.8 Å². The minimum absolute atomic E-state index is 0.218. The maximum Gasteiger partial charge on any atom is 0.0624 e. The highest BCUT2D eigenvalue weighted by atomic mass is 79.9. The van der Waals surface area contributed by atoms with Gasteiger partial charge in [0, 0.05) is 16.3 Å². The minimum Gasteiger partial charge on any atom is -0.126 e. The van der Waals surface area contributed by atoms with Crippen molar-refractivity contribution in [2.75, 3.05) is 5.88 Å². The number of hydrogen-bond donors (Lipinski definition) is 0. The molecule has 0 aliphatic carbocycles. The van der Waals surface area contributed by atoms with E-state index in [2.05, 4.69) is 28.1 Å². The molecule has 2 rings (SSSR count). The van der Waals surface area contributed by atoms with Crippen LogP contribution in [0.1, 0.15) is 17.0 Å². The molecule has 0 N–H and O–H groups in total. The molecule has 0 heterocycles. The Balaban J connectivity index is 2.26. The standard InChI is InChI=1S/C15H12BrCl3/c16-13-5-1-3-10(8-13)12(9-17)7-11-4-2-6-14(18)15(11)19/h1-6,8,12H,7,9H2. The lowest BCUT2D eigenvalue weighted by molar-refractivity contribution is 0.766. The zero-order valence-electron chi connectivity index (χ0n) is 10.0. The van der Waals surface area contributed by atoms with Crippen LogP contribution in [0.4, 0.5) is 0 Å². The van der Waals surface area contributed by atoms with Gasteiger partial charge < -0.3 is 0 Å². The third kappa shape index (κ3) is 3.88. The zero-order chi connectivity index (χ0) is 13.8. The topological polar surface area (TPSA) is 0 Å². The molecule has 0 bridgehead atoms. The Morgan fingerprint density at radius 3 is 2.47 bits per heavy atom. The van der Waals surface area contributed by atoms with Crippen molar-refractivity contribution in [1.82, 2.24) is 0 Å². The first-order valence-electron chi connectivity index (χ1n) is 5.86. The summed E-state index contributed by atoms with van der Waals surface area (Å²) < 4.78 is 1.05. The van der Waals surface area contributed by atoms with Crippen molar-refractivity contribution in [3.63, 3.8) is 0 Å². The van der Waals surface area contributed by atoms with E-state index in [1.54, 1.807) is 6.07 Å². The van der Waals surface area contributed by atoms with Crippen LogP contribution in [0.15, 0.2) is 46.9 Å². The summed E-state index contributed by atoms with van der Waals surface area (Å²) in [6, 6.07) is 13.9. The van der Waals surface area contributed by atoms with Crippen molar-refractivity contribution < 1.29 is 0 Å². The van der Waals surface area contributed by atoms with Crippen LogP contribution in [0.2, 0.25) is 10.0 Å². The summed E-state index contributed by atoms with van der Waals surface area (Å²) in [6.45, 7) is 0. The minimum atomic E-state index is 0.218. The molecule has 0 saturated heterocycles. The Bertz CT molecular complexity index is 569. The maximum absolute atomic E-state index is 6.23. The molecule has 1 atom stereocenters. The molecule has 0 nitrogen and oxygen atoms in total. The van der Waals surface area contributed by atoms with Crippen LogP contribution in [0.5, 0.6) is 0 Å². The van der Waals surface area contributed by atoms with Crippen molar-refractivity contribution in [2.45, 2.75) is 12.3 Å². The molecule has 0 aliphatic rings. The van der Waals surface area contributed by atoms with Gasteiger partial charge in [0.15, 0.2) is 0 Å². The van der Waals surface area contributed by atoms with Crippen molar-refractivity contribution in [3.05, 3.63) is 68.1 Å². The van der Waals surface area contributed by atoms with Gasteiger partial charge in [0.05, 0.1) is 10.0 Å². The molecule has 2 aromatic carbocycles. The lowest BCUT2D eigenvalue weighted by Crippen LogP contribution is -2.05. The van der Waals surface area contributed by atoms with Gasteiger partial charge >= 0.3 is 0 Å². The first-order chi connectivity index (χ1) is 9.11. The highest BCUT2D eigenvalue weighted by Gasteiger charge is 2.14. The first kappa shape index (κ1) is 15.2. The molecule has 0 amide bonds. The van der Waals surface area contributed by atoms with Crippen LogP contribution in [-0.4, -0.2) is 5.88 Å². The summed E-state index contributed by atoms with van der Waals surface area (Å²) in [5, 5.41) is 1.20. The van der Waals surface area contributed by atoms with Crippen LogP contribution in [0.25, 0.3) is 0 Å². The molecule has 4 heteroatoms. The van der Waals surface area contributed by atoms with Crippen LogP contribution in [-0.2, 0) is 6.42 Å². The summed E-state index contributed by atoms with van der Waals surface area (Å²) in [5.74, 6) is 0.759. The van der Waals surface area contributed by atoms with E-state index in [-0.39, 0.29) is 5.92 Å². The van der Waals surface area contributed by atoms with Crippen molar-refractivity contribution in [3.8, 4) is 0 Å². The fourth-order valence-corrected chi connectivity index (χ4v) is 3.10. The predicted octanol–water partition coefficient (Wildman–Crippen LogP) is 6.32. The smallest absolute Gasteiger partial charge is 0.0624 e. The Morgan fingerprint density at radius 2 is 1.79 bits per heavy atom. The molecule has 0 spiro atoms. The molecular weight excluding hydrogens is 366 g/mol. The molecule has 0 saturated carbocycles. The summed E-state index contributed by atoms with van der Waals surface area (Å²) in [4.78, 5) is 0. The van der Waals surface area contributed by atoms with Crippen molar-refractivity contribution in [2.24, 2.45) is 0 Å². The highest BCUT2D eigenvalue weighted by Crippen LogP contribution is 2.31. The Hall–Kier alpha value is -0.210. The van der Waals surface area contributed by atoms with Gasteiger partial charge in [-0.05, 0) is 35.7 Å². The van der Waals surface area contributed by atoms with E-state index in [9.17, 15) is 0 Å². The van der Waals surface area contributed by atoms with Crippen LogP contribution < -0.4 is 0 Å². The number of alkyl halides is 1. The second-order valence-electron chi connectivity index (χ2n) is 4.32. The lowest BCUT2D eigenvalue weighted by Gasteiger charge is -2.16. The second kappa shape index (κ2) is 6.99. The third-order valence-corrected chi connectivity index (χ3v) is 4.73. The molecular formula is C15H12BrCl3. The lowest BCUT2D eigenvalue weighted by atomic mass is 9.93. The van der Waals surface area contributed by atoms with Gasteiger partial charge in [-0.15, -0.1) is 11.6 Å². The van der Waals surface area contributed by atoms with Gasteiger partial charge in [0.1, 0.15) is 0 Å². The van der Waals surface area contributed by atoms with Gasteiger partial charge in [-0.25, -0.2) is 0 Å². The van der Waals surface area contributed by atoms with Crippen molar-refractivity contribution >= 4 is 50.7 Å². The summed E-state index contributed by atoms with van der Waals surface area (Å²) >= 11 is 21.9. The molecule has 0 radical (unpaired) electrons. The maximum atomic E-state index is 6.23. The molecule has 1 unspecified atom stereocenters. The molecule has 0 aromatic heterocycles. The van der Waals surface area contributed by atoms with Gasteiger partial charge in [0.2, 0.25) is 0 Å². The number of rotatable bonds is 4. The average molecular weight is 379 g/mol. The number of hydrogen-bond acceptors (Lipinski definition) is 0. The van der Waals surface area contributed by atoms with Crippen LogP contribution in [0.3, 0.4) is 0 Å². The van der Waals surface area contributed by atoms with E-state index in [0.29, 0.717) is 15.9 Å². The molecule has 19 heavy (non-hydrogen) atoms. The van der Waals surface area contributed by atoms with Gasteiger partial charge in [-0.1, -0.05) is 63.4 Å². The molecule has 0 fully saturated rings. The second-order valence-corrected chi connectivity index (χ2v) is 6.33. The summed E-state index contributed by atoms with van der Waals surface area (Å²) in [5.41, 5.74) is 2.22. The normalized spacial score (nSPS) is 12.4. The zero-order valence-corrected chi connectivity index (χ0v) is 13.9. The average Bonchev–Trinajstić information content (AvgIpc) is 2.40. The van der Waals surface area contributed by atoms with Gasteiger partial charge in [-0.3, -0.25) is 0 Å². The molecule has 100 valence electrons. The largest absolute Gasteiger partial charge is 0.126 e. The number of halogens is 4. The van der Waals surface area contributed by atoms with Gasteiger partial charge in [0.25, 0.3) is 0 Å². The van der Waals surface area contributed by atoms with Crippen LogP contribution in [0, 0.1) is 0 Å². The van der Waals surface area contributed by atoms with E-state index < -0.39 is 0 Å². The Morgan fingerprint density at radius 1 is 1.05 bits per heavy atom. The fraction of sp³-hybridized carbons (Fsp3) is 0.200. The summed E-state index contributed by atoms with van der Waals surface area (Å²) in [6.07, 6.45) is 0.777. The molecule has 0 aliphatic heterocycles. The van der Waals surface area contributed by atoms with E-state index in [1.165, 1.54) is 5.56 Å². The SMILES string of the molecule is ClCC(Cc1cccc(Cl)c1Cl)c1cccc(Br)c1. The Labute approximate surface area is 136 Å². The first-order valence-corrected chi connectivity index (χ1v) is 7.94. The monoisotopic (exact) mass is 376 g/mol. The van der Waals surface area contributed by atoms with Crippen molar-refractivity contribution in [1.29, 1.82) is 0 Å². The van der Waals surface area contributed by atoms with E-state index in [0.717, 1.165) is 16.5 Å². The predicted molar refractivity (Wildman–Crippen MR) is 87.8 cm³/mol. The third-order valence-electron chi connectivity index (χ3n) is 3.00. The van der Waals surface area contributed by atoms with Crippen LogP contribution >= 0.6 is 50.7 Å². The highest BCUT2D eigenvalue weighted by molar-refractivity contribution is 9.10.